The number of amides is 2. The third kappa shape index (κ3) is 7.24. The minimum atomic E-state index is -0.416. The van der Waals surface area contributed by atoms with Crippen LogP contribution in [0.4, 0.5) is 0 Å². The molecule has 1 aromatic rings. The number of rotatable bonds is 3. The maximum atomic E-state index is 11.8. The molecule has 0 atom stereocenters. The molecule has 0 unspecified atom stereocenters. The second-order valence-electron chi connectivity index (χ2n) is 5.57. The van der Waals surface area contributed by atoms with Crippen LogP contribution in [-0.2, 0) is 4.79 Å². The summed E-state index contributed by atoms with van der Waals surface area (Å²) in [6, 6.07) is 6.37. The number of carbonyl (C=O) groups excluding carboxylic acids is 2. The first kappa shape index (κ1) is 18.2. The van der Waals surface area contributed by atoms with E-state index in [1.54, 1.807) is 24.3 Å². The lowest BCUT2D eigenvalue weighted by molar-refractivity contribution is -0.120. The fourth-order valence-corrected chi connectivity index (χ4v) is 1.89. The first-order valence-electron chi connectivity index (χ1n) is 6.58. The average molecular weight is 343 g/mol. The van der Waals surface area contributed by atoms with E-state index in [9.17, 15) is 9.59 Å². The maximum Gasteiger partial charge on any atom is 0.257 e. The molecule has 0 aromatic heterocycles. The van der Waals surface area contributed by atoms with Crippen molar-refractivity contribution in [3.8, 4) is 0 Å². The zero-order valence-electron chi connectivity index (χ0n) is 12.6. The number of nitrogens with one attached hydrogen (secondary N) is 4. The summed E-state index contributed by atoms with van der Waals surface area (Å²) in [6.07, 6.45) is 0. The quantitative estimate of drug-likeness (QED) is 0.492. The molecule has 120 valence electrons. The van der Waals surface area contributed by atoms with Gasteiger partial charge >= 0.3 is 0 Å². The Balaban J connectivity index is 2.32. The van der Waals surface area contributed by atoms with Crippen LogP contribution in [0, 0.1) is 0 Å². The van der Waals surface area contributed by atoms with E-state index in [1.165, 1.54) is 0 Å². The molecule has 0 spiro atoms. The number of hydrogen-bond donors (Lipinski definition) is 4. The van der Waals surface area contributed by atoms with Crippen LogP contribution in [-0.4, -0.2) is 29.0 Å². The highest BCUT2D eigenvalue weighted by Crippen LogP contribution is 2.09. The Hall–Kier alpha value is -1.86. The fraction of sp³-hybridized carbons (Fsp3) is 0.357. The van der Waals surface area contributed by atoms with E-state index in [2.05, 4.69) is 21.5 Å². The van der Waals surface area contributed by atoms with Crippen LogP contribution >= 0.6 is 23.8 Å². The van der Waals surface area contributed by atoms with Crippen molar-refractivity contribution in [3.05, 3.63) is 34.9 Å². The third-order valence-corrected chi connectivity index (χ3v) is 2.78. The van der Waals surface area contributed by atoms with E-state index in [0.717, 1.165) is 0 Å². The van der Waals surface area contributed by atoms with Crippen LogP contribution in [0.3, 0.4) is 0 Å². The number of thiocarbonyl (C=S) groups is 1. The lowest BCUT2D eigenvalue weighted by Crippen LogP contribution is -2.53. The van der Waals surface area contributed by atoms with Gasteiger partial charge in [0, 0.05) is 16.1 Å². The van der Waals surface area contributed by atoms with Crippen LogP contribution < -0.4 is 21.5 Å². The minimum Gasteiger partial charge on any atom is -0.357 e. The number of halogens is 1. The fourth-order valence-electron chi connectivity index (χ4n) is 1.41. The van der Waals surface area contributed by atoms with Gasteiger partial charge in [-0.15, -0.1) is 0 Å². The molecular weight excluding hydrogens is 324 g/mol. The smallest absolute Gasteiger partial charge is 0.257 e. The van der Waals surface area contributed by atoms with Crippen molar-refractivity contribution in [1.29, 1.82) is 0 Å². The molecule has 0 aliphatic heterocycles. The summed E-state index contributed by atoms with van der Waals surface area (Å²) in [7, 11) is 0. The number of hydrogen-bond acceptors (Lipinski definition) is 3. The highest BCUT2D eigenvalue weighted by molar-refractivity contribution is 7.80. The second-order valence-corrected chi connectivity index (χ2v) is 6.41. The Labute approximate surface area is 140 Å². The van der Waals surface area contributed by atoms with E-state index < -0.39 is 5.91 Å². The molecular formula is C14H19ClN4O2S. The van der Waals surface area contributed by atoms with E-state index in [1.807, 2.05) is 20.8 Å². The van der Waals surface area contributed by atoms with Crippen LogP contribution in [0.2, 0.25) is 5.02 Å². The highest BCUT2D eigenvalue weighted by atomic mass is 35.5. The standard InChI is InChI=1S/C14H19ClN4O2S/c1-14(2,3)17-13(22)19-18-11(20)8-16-12(21)9-4-6-10(15)7-5-9/h4-7H,8H2,1-3H3,(H,16,21)(H,18,20)(H2,17,19,22). The Morgan fingerprint density at radius 2 is 1.73 bits per heavy atom. The van der Waals surface area contributed by atoms with E-state index in [4.69, 9.17) is 23.8 Å². The topological polar surface area (TPSA) is 82.3 Å². The number of carbonyl (C=O) groups is 2. The molecule has 1 aromatic carbocycles. The molecule has 0 radical (unpaired) electrons. The number of benzene rings is 1. The molecule has 6 nitrogen and oxygen atoms in total. The summed E-state index contributed by atoms with van der Waals surface area (Å²) in [6.45, 7) is 5.64. The Morgan fingerprint density at radius 3 is 2.27 bits per heavy atom. The van der Waals surface area contributed by atoms with Crippen molar-refractivity contribution >= 4 is 40.7 Å². The molecule has 22 heavy (non-hydrogen) atoms. The molecule has 0 bridgehead atoms. The van der Waals surface area contributed by atoms with Crippen molar-refractivity contribution < 1.29 is 9.59 Å². The molecule has 0 saturated heterocycles. The van der Waals surface area contributed by atoms with Gasteiger partial charge in [-0.25, -0.2) is 0 Å². The van der Waals surface area contributed by atoms with Gasteiger partial charge in [0.25, 0.3) is 11.8 Å². The SMILES string of the molecule is CC(C)(C)NC(=S)NNC(=O)CNC(=O)c1ccc(Cl)cc1. The van der Waals surface area contributed by atoms with Gasteiger partial charge in [-0.1, -0.05) is 11.6 Å². The average Bonchev–Trinajstić information content (AvgIpc) is 2.41. The molecule has 8 heteroatoms. The second kappa shape index (κ2) is 7.95. The summed E-state index contributed by atoms with van der Waals surface area (Å²) >= 11 is 10.7. The predicted octanol–water partition coefficient (Wildman–Crippen LogP) is 1.36. The summed E-state index contributed by atoms with van der Waals surface area (Å²) in [5, 5.41) is 6.31. The molecule has 1 rings (SSSR count). The molecule has 0 saturated carbocycles. The van der Waals surface area contributed by atoms with Crippen LogP contribution in [0.15, 0.2) is 24.3 Å². The van der Waals surface area contributed by atoms with Gasteiger partial charge in [-0.2, -0.15) is 0 Å². The summed E-state index contributed by atoms with van der Waals surface area (Å²) in [5.41, 5.74) is 5.17. The van der Waals surface area contributed by atoms with E-state index in [0.29, 0.717) is 15.7 Å². The molecule has 4 N–H and O–H groups in total. The van der Waals surface area contributed by atoms with Crippen LogP contribution in [0.1, 0.15) is 31.1 Å². The minimum absolute atomic E-state index is 0.174. The molecule has 0 aliphatic rings. The summed E-state index contributed by atoms with van der Waals surface area (Å²) in [5.74, 6) is -0.775. The molecule has 2 amide bonds. The number of hydrazine groups is 1. The maximum absolute atomic E-state index is 11.8. The molecule has 0 heterocycles. The zero-order valence-corrected chi connectivity index (χ0v) is 14.2. The van der Waals surface area contributed by atoms with Gasteiger partial charge in [0.1, 0.15) is 0 Å². The van der Waals surface area contributed by atoms with Crippen molar-refractivity contribution in [1.82, 2.24) is 21.5 Å². The largest absolute Gasteiger partial charge is 0.357 e. The van der Waals surface area contributed by atoms with Crippen molar-refractivity contribution in [2.24, 2.45) is 0 Å². The van der Waals surface area contributed by atoms with E-state index >= 15 is 0 Å². The van der Waals surface area contributed by atoms with Gasteiger partial charge in [0.05, 0.1) is 6.54 Å². The van der Waals surface area contributed by atoms with Gasteiger partial charge in [-0.3, -0.25) is 20.4 Å². The summed E-state index contributed by atoms with van der Waals surface area (Å²) in [4.78, 5) is 23.4. The Morgan fingerprint density at radius 1 is 1.14 bits per heavy atom. The molecule has 0 aliphatic carbocycles. The predicted molar refractivity (Wildman–Crippen MR) is 90.6 cm³/mol. The third-order valence-electron chi connectivity index (χ3n) is 2.32. The van der Waals surface area contributed by atoms with Gasteiger partial charge < -0.3 is 10.6 Å². The van der Waals surface area contributed by atoms with Crippen LogP contribution in [0.25, 0.3) is 0 Å². The van der Waals surface area contributed by atoms with Gasteiger partial charge in [0.15, 0.2) is 5.11 Å². The molecule has 0 fully saturated rings. The lowest BCUT2D eigenvalue weighted by atomic mass is 10.1. The first-order chi connectivity index (χ1) is 10.2. The van der Waals surface area contributed by atoms with Crippen molar-refractivity contribution in [3.63, 3.8) is 0 Å². The normalized spacial score (nSPS) is 10.5. The van der Waals surface area contributed by atoms with Crippen LogP contribution in [0.5, 0.6) is 0 Å². The van der Waals surface area contributed by atoms with Crippen molar-refractivity contribution in [2.75, 3.05) is 6.54 Å². The van der Waals surface area contributed by atoms with E-state index in [-0.39, 0.29) is 18.0 Å². The van der Waals surface area contributed by atoms with Crippen molar-refractivity contribution in [2.45, 2.75) is 26.3 Å². The monoisotopic (exact) mass is 342 g/mol. The lowest BCUT2D eigenvalue weighted by Gasteiger charge is -2.23. The van der Waals surface area contributed by atoms with Gasteiger partial charge in [0.2, 0.25) is 0 Å². The van der Waals surface area contributed by atoms with Gasteiger partial charge in [-0.05, 0) is 57.3 Å². The zero-order chi connectivity index (χ0) is 16.8. The first-order valence-corrected chi connectivity index (χ1v) is 7.37. The summed E-state index contributed by atoms with van der Waals surface area (Å²) < 4.78 is 0. The Bertz CT molecular complexity index is 555. The highest BCUT2D eigenvalue weighted by Gasteiger charge is 2.12. The Kier molecular flexibility index (Phi) is 6.58.